The van der Waals surface area contributed by atoms with Crippen molar-refractivity contribution in [2.75, 3.05) is 6.61 Å². The fraction of sp³-hybridized carbons (Fsp3) is 0.707. The summed E-state index contributed by atoms with van der Waals surface area (Å²) in [6.45, 7) is 19.3. The third kappa shape index (κ3) is 6.37. The highest BCUT2D eigenvalue weighted by atomic mass is 28.4. The molecule has 258 valence electrons. The smallest absolute Gasteiger partial charge is 0.406 e. The van der Waals surface area contributed by atoms with Crippen LogP contribution in [0, 0.1) is 5.92 Å². The van der Waals surface area contributed by atoms with Gasteiger partial charge < -0.3 is 13.7 Å². The van der Waals surface area contributed by atoms with Crippen molar-refractivity contribution in [2.45, 2.75) is 172 Å². The van der Waals surface area contributed by atoms with Gasteiger partial charge in [0.05, 0.1) is 17.8 Å². The van der Waals surface area contributed by atoms with Gasteiger partial charge in [0.25, 0.3) is 8.32 Å². The van der Waals surface area contributed by atoms with Crippen LogP contribution in [0.1, 0.15) is 132 Å². The van der Waals surface area contributed by atoms with Gasteiger partial charge in [-0.05, 0) is 93.4 Å². The standard InChI is InChI=1S/C41H64BNO3Si/c1-9-10-11-14-21-32-30-37(42-45-39(5,6)40(7,8)46-42)36-26-19-20-28-41(36)29-27-33(43(32)41)31-44-47(38(2,3)4,34-22-15-12-16-23-34)35-24-17-13-18-25-35/h12-13,15-18,22-25,32-33,36-37H,9-11,14,19-21,26-31H2,1-8H3/t32-,33-,36+,37-,41-/m1/s1. The Balaban J connectivity index is 1.35. The predicted octanol–water partition coefficient (Wildman–Crippen LogP) is 9.16. The first-order chi connectivity index (χ1) is 22.4. The monoisotopic (exact) mass is 657 g/mol. The van der Waals surface area contributed by atoms with Gasteiger partial charge in [-0.15, -0.1) is 0 Å². The molecule has 0 amide bonds. The second-order valence-corrected chi connectivity index (χ2v) is 21.9. The summed E-state index contributed by atoms with van der Waals surface area (Å²) in [6, 6.07) is 23.5. The van der Waals surface area contributed by atoms with Crippen molar-refractivity contribution >= 4 is 25.8 Å². The number of rotatable bonds is 11. The Bertz CT molecular complexity index is 1260. The Hall–Kier alpha value is -1.44. The van der Waals surface area contributed by atoms with Gasteiger partial charge in [0.2, 0.25) is 0 Å². The second-order valence-electron chi connectivity index (χ2n) is 17.6. The Labute approximate surface area is 289 Å². The van der Waals surface area contributed by atoms with Crippen molar-refractivity contribution in [2.24, 2.45) is 5.92 Å². The molecule has 0 N–H and O–H groups in total. The molecule has 0 unspecified atom stereocenters. The van der Waals surface area contributed by atoms with E-state index in [0.717, 1.165) is 6.61 Å². The molecule has 1 aliphatic carbocycles. The first-order valence-electron chi connectivity index (χ1n) is 19.3. The third-order valence-corrected chi connectivity index (χ3v) is 18.3. The Morgan fingerprint density at radius 1 is 0.809 bits per heavy atom. The molecule has 2 aromatic rings. The molecule has 5 atom stereocenters. The number of piperidine rings is 1. The summed E-state index contributed by atoms with van der Waals surface area (Å²) in [5, 5.41) is 2.76. The van der Waals surface area contributed by atoms with Gasteiger partial charge in [-0.3, -0.25) is 4.90 Å². The van der Waals surface area contributed by atoms with E-state index >= 15 is 0 Å². The molecule has 0 aromatic heterocycles. The van der Waals surface area contributed by atoms with Crippen molar-refractivity contribution in [3.8, 4) is 0 Å². The van der Waals surface area contributed by atoms with Crippen molar-refractivity contribution in [3.63, 3.8) is 0 Å². The number of hydrogen-bond acceptors (Lipinski definition) is 4. The van der Waals surface area contributed by atoms with Crippen LogP contribution in [-0.2, 0) is 13.7 Å². The van der Waals surface area contributed by atoms with Crippen LogP contribution < -0.4 is 10.4 Å². The maximum absolute atomic E-state index is 7.70. The normalized spacial score (nSPS) is 30.7. The van der Waals surface area contributed by atoms with Crippen LogP contribution in [0.4, 0.5) is 0 Å². The van der Waals surface area contributed by atoms with Crippen molar-refractivity contribution in [3.05, 3.63) is 60.7 Å². The van der Waals surface area contributed by atoms with E-state index in [0.29, 0.717) is 23.8 Å². The van der Waals surface area contributed by atoms with E-state index < -0.39 is 8.32 Å². The van der Waals surface area contributed by atoms with Gasteiger partial charge in [0.1, 0.15) is 0 Å². The lowest BCUT2D eigenvalue weighted by atomic mass is 9.51. The maximum Gasteiger partial charge on any atom is 0.461 e. The molecule has 47 heavy (non-hydrogen) atoms. The second kappa shape index (κ2) is 13.7. The zero-order valence-corrected chi connectivity index (χ0v) is 32.0. The lowest BCUT2D eigenvalue weighted by Gasteiger charge is -2.59. The van der Waals surface area contributed by atoms with E-state index in [-0.39, 0.29) is 28.9 Å². The van der Waals surface area contributed by atoms with Crippen LogP contribution in [0.2, 0.25) is 10.9 Å². The molecule has 0 bridgehead atoms. The molecule has 6 rings (SSSR count). The van der Waals surface area contributed by atoms with E-state index in [1.165, 1.54) is 87.4 Å². The van der Waals surface area contributed by atoms with Gasteiger partial charge in [-0.25, -0.2) is 0 Å². The van der Waals surface area contributed by atoms with Crippen LogP contribution in [0.5, 0.6) is 0 Å². The number of unbranched alkanes of at least 4 members (excludes halogenated alkanes) is 3. The van der Waals surface area contributed by atoms with Crippen LogP contribution in [0.15, 0.2) is 60.7 Å². The van der Waals surface area contributed by atoms with Gasteiger partial charge in [0.15, 0.2) is 0 Å². The van der Waals surface area contributed by atoms with Crippen molar-refractivity contribution in [1.29, 1.82) is 0 Å². The highest BCUT2D eigenvalue weighted by Gasteiger charge is 2.64. The molecule has 4 fully saturated rings. The third-order valence-electron chi connectivity index (χ3n) is 13.3. The Kier molecular flexibility index (Phi) is 10.3. The lowest BCUT2D eigenvalue weighted by Crippen LogP contribution is -2.68. The molecule has 3 aliphatic heterocycles. The first kappa shape index (κ1) is 35.4. The molecular weight excluding hydrogens is 593 g/mol. The summed E-state index contributed by atoms with van der Waals surface area (Å²) in [4.78, 5) is 3.10. The van der Waals surface area contributed by atoms with Crippen LogP contribution >= 0.6 is 0 Å². The van der Waals surface area contributed by atoms with E-state index in [9.17, 15) is 0 Å². The van der Waals surface area contributed by atoms with Gasteiger partial charge in [-0.1, -0.05) is 127 Å². The van der Waals surface area contributed by atoms with Crippen LogP contribution in [0.25, 0.3) is 0 Å². The predicted molar refractivity (Wildman–Crippen MR) is 200 cm³/mol. The average molecular weight is 658 g/mol. The molecule has 0 radical (unpaired) electrons. The Morgan fingerprint density at radius 2 is 1.43 bits per heavy atom. The average Bonchev–Trinajstić information content (AvgIpc) is 3.51. The van der Waals surface area contributed by atoms with Crippen molar-refractivity contribution < 1.29 is 13.7 Å². The summed E-state index contributed by atoms with van der Waals surface area (Å²) in [6.07, 6.45) is 15.5. The zero-order valence-electron chi connectivity index (χ0n) is 31.0. The Morgan fingerprint density at radius 3 is 2.00 bits per heavy atom. The molecular formula is C41H64BNO3Si. The summed E-state index contributed by atoms with van der Waals surface area (Å²) in [7, 11) is -2.71. The number of nitrogens with zero attached hydrogens (tertiary/aromatic N) is 1. The molecule has 1 spiro atoms. The summed E-state index contributed by atoms with van der Waals surface area (Å²) >= 11 is 0. The largest absolute Gasteiger partial charge is 0.461 e. The van der Waals surface area contributed by atoms with E-state index in [2.05, 4.69) is 121 Å². The molecule has 3 saturated heterocycles. The molecule has 1 saturated carbocycles. The number of hydrogen-bond donors (Lipinski definition) is 0. The van der Waals surface area contributed by atoms with Gasteiger partial charge in [0, 0.05) is 17.6 Å². The highest BCUT2D eigenvalue weighted by Crippen LogP contribution is 2.60. The summed E-state index contributed by atoms with van der Waals surface area (Å²) in [5.74, 6) is 1.08. The minimum Gasteiger partial charge on any atom is -0.406 e. The molecule has 3 heterocycles. The highest BCUT2D eigenvalue weighted by molar-refractivity contribution is 6.99. The minimum atomic E-state index is -2.61. The van der Waals surface area contributed by atoms with Crippen LogP contribution in [0.3, 0.4) is 0 Å². The van der Waals surface area contributed by atoms with E-state index in [1.807, 2.05) is 0 Å². The molecule has 2 aromatic carbocycles. The maximum atomic E-state index is 7.70. The molecule has 4 nitrogen and oxygen atoms in total. The molecule has 4 aliphatic rings. The lowest BCUT2D eigenvalue weighted by molar-refractivity contribution is -0.0735. The van der Waals surface area contributed by atoms with Gasteiger partial charge >= 0.3 is 7.12 Å². The van der Waals surface area contributed by atoms with E-state index in [1.54, 1.807) is 0 Å². The van der Waals surface area contributed by atoms with E-state index in [4.69, 9.17) is 13.7 Å². The fourth-order valence-electron chi connectivity index (χ4n) is 10.4. The summed E-state index contributed by atoms with van der Waals surface area (Å²) < 4.78 is 21.5. The topological polar surface area (TPSA) is 30.9 Å². The fourth-order valence-corrected chi connectivity index (χ4v) is 15.0. The quantitative estimate of drug-likeness (QED) is 0.178. The summed E-state index contributed by atoms with van der Waals surface area (Å²) in [5.41, 5.74) is -0.330. The number of benzene rings is 2. The van der Waals surface area contributed by atoms with Crippen molar-refractivity contribution in [1.82, 2.24) is 4.90 Å². The SMILES string of the molecule is CCCCCC[C@@H]1C[C@@H](B2OC(C)(C)C(C)(C)O2)[C@@H]2CCCC[C@@]23CC[C@H](CO[Si](c2ccccc2)(c2ccccc2)C(C)(C)C)N13. The van der Waals surface area contributed by atoms with Gasteiger partial charge in [-0.2, -0.15) is 0 Å². The minimum absolute atomic E-state index is 0.0112. The molecule has 6 heteroatoms. The zero-order chi connectivity index (χ0) is 33.5. The first-order valence-corrected chi connectivity index (χ1v) is 21.2. The van der Waals surface area contributed by atoms with Crippen LogP contribution in [-0.4, -0.2) is 55.8 Å².